The van der Waals surface area contributed by atoms with Crippen molar-refractivity contribution in [1.82, 2.24) is 0 Å². The molecule has 4 heterocycles. The van der Waals surface area contributed by atoms with Crippen molar-refractivity contribution in [3.05, 3.63) is 223 Å². The highest BCUT2D eigenvalue weighted by Crippen LogP contribution is 2.59. The molecule has 86 heavy (non-hydrogen) atoms. The second-order valence-electron chi connectivity index (χ2n) is 19.8. The van der Waals surface area contributed by atoms with E-state index in [4.69, 9.17) is 37.9 Å². The number of hydrogen-bond donors (Lipinski definition) is 4. The zero-order valence-electron chi connectivity index (χ0n) is 45.6. The van der Waals surface area contributed by atoms with Gasteiger partial charge in [0.15, 0.2) is 23.8 Å². The molecule has 2 atom stereocenters. The fourth-order valence-corrected chi connectivity index (χ4v) is 10.6. The van der Waals surface area contributed by atoms with Crippen LogP contribution in [0, 0.1) is 0 Å². The third kappa shape index (κ3) is 9.54. The highest BCUT2D eigenvalue weighted by molar-refractivity contribution is 6.01. The summed E-state index contributed by atoms with van der Waals surface area (Å²) in [6, 6.07) is 37.0. The lowest BCUT2D eigenvalue weighted by Crippen LogP contribution is -2.33. The van der Waals surface area contributed by atoms with Crippen LogP contribution >= 0.6 is 0 Å². The Bertz CT molecular complexity index is 4230. The molecule has 2 spiro atoms. The number of aromatic hydroxyl groups is 2. The summed E-state index contributed by atoms with van der Waals surface area (Å²) in [7, 11) is 6.00. The van der Waals surface area contributed by atoms with Crippen molar-refractivity contribution in [2.75, 3.05) is 38.1 Å². The minimum Gasteiger partial charge on any atom is -0.507 e. The van der Waals surface area contributed by atoms with Gasteiger partial charge in [0.2, 0.25) is 0 Å². The number of esters is 2. The molecule has 12 rings (SSSR count). The molecule has 22 nitrogen and oxygen atoms in total. The van der Waals surface area contributed by atoms with Crippen LogP contribution in [-0.2, 0) is 43.4 Å². The Hall–Kier alpha value is -11.7. The fraction of sp³-hybridized carbons (Fsp3) is 0.125. The maximum absolute atomic E-state index is 13.2. The van der Waals surface area contributed by atoms with E-state index in [0.29, 0.717) is 91.5 Å². The highest BCUT2D eigenvalue weighted by atomic mass is 16.6. The standard InChI is InChI=1S/2C32H23NO10/c1-33(31(39)41-16-17-3-4-19(15-34)26(35)11-17)20-6-9-24-27(13-20)42-28-14-21(40-2)7-10-25(28)32(24)23-8-5-18(29(36)37)12-22(23)30(38)43-32;1-33(31(39)41-16-17-3-4-19(15-34)26(35)11-17)20-6-9-23-27(13-20)42-28-14-21(40-2)7-10-24(28)32(23)25-12-18(29(36)37)5-8-22(25)30(38)43-32/h2*3-15,35H,16H2,1-2H3,(H,36,37). The Labute approximate surface area is 487 Å². The maximum atomic E-state index is 13.2. The number of phenols is 2. The number of benzene rings is 8. The minimum atomic E-state index is -1.53. The van der Waals surface area contributed by atoms with E-state index in [9.17, 15) is 58.8 Å². The lowest BCUT2D eigenvalue weighted by Gasteiger charge is -2.37. The van der Waals surface area contributed by atoms with E-state index >= 15 is 0 Å². The molecule has 0 saturated heterocycles. The van der Waals surface area contributed by atoms with Gasteiger partial charge in [-0.15, -0.1) is 0 Å². The van der Waals surface area contributed by atoms with Crippen LogP contribution in [0.1, 0.15) is 107 Å². The molecule has 432 valence electrons. The maximum Gasteiger partial charge on any atom is 0.414 e. The number of methoxy groups -OCH3 is 2. The van der Waals surface area contributed by atoms with Crippen molar-refractivity contribution < 1.29 is 96.7 Å². The van der Waals surface area contributed by atoms with Gasteiger partial charge in [0.1, 0.15) is 59.2 Å². The van der Waals surface area contributed by atoms with E-state index in [0.717, 1.165) is 0 Å². The van der Waals surface area contributed by atoms with Crippen LogP contribution in [0.4, 0.5) is 21.0 Å². The monoisotopic (exact) mass is 1160 g/mol. The number of nitrogens with zero attached hydrogens (tertiary/aromatic N) is 2. The number of phenolic OH excluding ortho intramolecular Hbond substituents is 2. The highest BCUT2D eigenvalue weighted by Gasteiger charge is 2.55. The number of carbonyl (C=O) groups is 8. The second kappa shape index (κ2) is 21.9. The van der Waals surface area contributed by atoms with Gasteiger partial charge in [-0.2, -0.15) is 0 Å². The predicted octanol–water partition coefficient (Wildman–Crippen LogP) is 10.5. The normalized spacial score (nSPS) is 15.8. The van der Waals surface area contributed by atoms with Crippen LogP contribution in [0.2, 0.25) is 0 Å². The molecule has 0 aromatic heterocycles. The van der Waals surface area contributed by atoms with Crippen molar-refractivity contribution in [3.8, 4) is 46.0 Å². The van der Waals surface area contributed by atoms with Crippen LogP contribution in [0.25, 0.3) is 0 Å². The van der Waals surface area contributed by atoms with Crippen LogP contribution in [0.5, 0.6) is 46.0 Å². The van der Waals surface area contributed by atoms with Crippen molar-refractivity contribution >= 4 is 60.0 Å². The lowest BCUT2D eigenvalue weighted by atomic mass is 9.77. The SMILES string of the molecule is COc1ccc2c(c1)Oc1cc(N(C)C(=O)OCc3ccc(C=O)c(O)c3)ccc1C21OC(=O)c2cc(C(=O)O)ccc21.COc1ccc2c(c1)Oc1cc(N(C)C(=O)OCc3ccc(C=O)c(O)c3)ccc1C21OC(=O)c2ccc(C(=O)O)cc21. The van der Waals surface area contributed by atoms with Crippen molar-refractivity contribution in [2.24, 2.45) is 0 Å². The average Bonchev–Trinajstić information content (AvgIpc) is 1.46. The summed E-state index contributed by atoms with van der Waals surface area (Å²) < 4.78 is 46.2. The lowest BCUT2D eigenvalue weighted by molar-refractivity contribution is 0.0214. The van der Waals surface area contributed by atoms with E-state index in [1.165, 1.54) is 92.7 Å². The van der Waals surface area contributed by atoms with Gasteiger partial charge >= 0.3 is 36.1 Å². The Balaban J connectivity index is 0.000000179. The van der Waals surface area contributed by atoms with Gasteiger partial charge in [0, 0.05) is 71.7 Å². The second-order valence-corrected chi connectivity index (χ2v) is 19.8. The van der Waals surface area contributed by atoms with Gasteiger partial charge in [-0.3, -0.25) is 19.4 Å². The van der Waals surface area contributed by atoms with Crippen LogP contribution in [0.3, 0.4) is 0 Å². The summed E-state index contributed by atoms with van der Waals surface area (Å²) in [4.78, 5) is 100. The molecule has 4 N–H and O–H groups in total. The van der Waals surface area contributed by atoms with E-state index < -0.39 is 47.3 Å². The summed E-state index contributed by atoms with van der Waals surface area (Å²) >= 11 is 0. The Morgan fingerprint density at radius 1 is 0.477 bits per heavy atom. The molecule has 8 aromatic rings. The first-order chi connectivity index (χ1) is 41.3. The first kappa shape index (κ1) is 56.2. The van der Waals surface area contributed by atoms with E-state index in [2.05, 4.69) is 0 Å². The molecule has 22 heteroatoms. The van der Waals surface area contributed by atoms with Gasteiger partial charge in [-0.25, -0.2) is 28.8 Å². The molecule has 2 unspecified atom stereocenters. The van der Waals surface area contributed by atoms with Crippen LogP contribution < -0.4 is 28.7 Å². The smallest absolute Gasteiger partial charge is 0.414 e. The first-order valence-electron chi connectivity index (χ1n) is 25.9. The fourth-order valence-electron chi connectivity index (χ4n) is 10.6. The van der Waals surface area contributed by atoms with Crippen LogP contribution in [-0.4, -0.2) is 97.4 Å². The zero-order valence-corrected chi connectivity index (χ0v) is 45.6. The number of carboxylic acids is 2. The van der Waals surface area contributed by atoms with Gasteiger partial charge in [-0.05, 0) is 114 Å². The number of fused-ring (bicyclic) bond motifs is 12. The first-order valence-corrected chi connectivity index (χ1v) is 25.9. The summed E-state index contributed by atoms with van der Waals surface area (Å²) in [6.07, 6.45) is -0.375. The molecule has 4 aliphatic rings. The minimum absolute atomic E-state index is 0.0206. The number of anilines is 2. The Morgan fingerprint density at radius 2 is 0.884 bits per heavy atom. The number of hydrogen-bond acceptors (Lipinski definition) is 18. The van der Waals surface area contributed by atoms with Crippen molar-refractivity contribution in [3.63, 3.8) is 0 Å². The molecule has 8 aromatic carbocycles. The topological polar surface area (TPSA) is 298 Å². The number of carboxylic acid groups (broad SMARTS) is 2. The van der Waals surface area contributed by atoms with Gasteiger partial charge in [0.05, 0.1) is 59.0 Å². The summed E-state index contributed by atoms with van der Waals surface area (Å²) in [6.45, 7) is -0.315. The molecule has 0 saturated carbocycles. The van der Waals surface area contributed by atoms with Gasteiger partial charge in [0.25, 0.3) is 0 Å². The third-order valence-electron chi connectivity index (χ3n) is 15.0. The number of ether oxygens (including phenoxy) is 8. The van der Waals surface area contributed by atoms with Crippen molar-refractivity contribution in [1.29, 1.82) is 0 Å². The zero-order chi connectivity index (χ0) is 60.9. The number of rotatable bonds is 12. The van der Waals surface area contributed by atoms with E-state index in [-0.39, 0.29) is 69.6 Å². The van der Waals surface area contributed by atoms with Crippen LogP contribution in [0.15, 0.2) is 146 Å². The average molecular weight is 1160 g/mol. The number of carbonyl (C=O) groups excluding carboxylic acids is 6. The molecule has 0 bridgehead atoms. The summed E-state index contributed by atoms with van der Waals surface area (Å²) in [5, 5.41) is 39.0. The Morgan fingerprint density at radius 3 is 1.33 bits per heavy atom. The third-order valence-corrected chi connectivity index (χ3v) is 15.0. The van der Waals surface area contributed by atoms with Crippen molar-refractivity contribution in [2.45, 2.75) is 24.4 Å². The number of amides is 2. The molecule has 0 radical (unpaired) electrons. The molecule has 0 fully saturated rings. The molecule has 4 aliphatic heterocycles. The molecular formula is C64H46N2O20. The quantitative estimate of drug-likeness (QED) is 0.0502. The Kier molecular flexibility index (Phi) is 14.3. The number of aromatic carboxylic acids is 2. The van der Waals surface area contributed by atoms with E-state index in [1.54, 1.807) is 91.0 Å². The molecule has 2 amide bonds. The van der Waals surface area contributed by atoms with Gasteiger partial charge < -0.3 is 58.3 Å². The number of aldehydes is 2. The summed E-state index contributed by atoms with van der Waals surface area (Å²) in [5.41, 5.74) is 1.94. The summed E-state index contributed by atoms with van der Waals surface area (Å²) in [5.74, 6) is -1.93. The van der Waals surface area contributed by atoms with E-state index in [1.807, 2.05) is 0 Å². The molecule has 0 aliphatic carbocycles. The molecular weight excluding hydrogens is 1120 g/mol. The largest absolute Gasteiger partial charge is 0.507 e. The van der Waals surface area contributed by atoms with Gasteiger partial charge in [-0.1, -0.05) is 18.2 Å². The predicted molar refractivity (Wildman–Crippen MR) is 301 cm³/mol.